The summed E-state index contributed by atoms with van der Waals surface area (Å²) in [4.78, 5) is 26.2. The van der Waals surface area contributed by atoms with Gasteiger partial charge < -0.3 is 9.30 Å². The molecule has 5 aliphatic rings. The topological polar surface area (TPSA) is 48.3 Å². The highest BCUT2D eigenvalue weighted by Crippen LogP contribution is 2.60. The van der Waals surface area contributed by atoms with Gasteiger partial charge in [0.05, 0.1) is 16.7 Å². The number of cyclic esters (lactones) is 2. The second-order valence-corrected chi connectivity index (χ2v) is 11.2. The smallest absolute Gasteiger partial charge is 0.386 e. The molecule has 7 rings (SSSR count). The maximum absolute atomic E-state index is 15.9. The fourth-order valence-corrected chi connectivity index (χ4v) is 7.59. The molecule has 4 nitrogen and oxygen atoms in total. The number of benzene rings is 1. The quantitative estimate of drug-likeness (QED) is 0.179. The van der Waals surface area contributed by atoms with Crippen LogP contribution in [-0.4, -0.2) is 34.5 Å². The lowest BCUT2D eigenvalue weighted by Gasteiger charge is -2.51. The molecule has 0 radical (unpaired) electrons. The molecule has 0 spiro atoms. The number of fused-ring (bicyclic) bond motifs is 1. The summed E-state index contributed by atoms with van der Waals surface area (Å²) >= 11 is 0. The minimum atomic E-state index is -6.65. The molecule has 0 amide bonds. The Bertz CT molecular complexity index is 1460. The molecule has 4 bridgehead atoms. The summed E-state index contributed by atoms with van der Waals surface area (Å²) in [5.74, 6) is -15.2. The number of carbonyl (C=O) groups is 2. The van der Waals surface area contributed by atoms with E-state index in [9.17, 15) is 31.5 Å². The van der Waals surface area contributed by atoms with Crippen molar-refractivity contribution < 1.29 is 45.1 Å². The average Bonchev–Trinajstić information content (AvgIpc) is 3.26. The van der Waals surface area contributed by atoms with Crippen molar-refractivity contribution in [1.29, 1.82) is 0 Å². The van der Waals surface area contributed by atoms with Gasteiger partial charge in [0.2, 0.25) is 0 Å². The van der Waals surface area contributed by atoms with Gasteiger partial charge in [-0.15, -0.1) is 0 Å². The average molecular weight is 555 g/mol. The number of halogens is 7. The Morgan fingerprint density at radius 1 is 0.872 bits per heavy atom. The molecular formula is C28H24F7NO3. The number of rotatable bonds is 3. The van der Waals surface area contributed by atoms with Crippen LogP contribution in [-0.2, 0) is 21.4 Å². The van der Waals surface area contributed by atoms with Crippen LogP contribution in [0.5, 0.6) is 0 Å². The van der Waals surface area contributed by atoms with Gasteiger partial charge in [-0.05, 0) is 74.3 Å². The van der Waals surface area contributed by atoms with E-state index < -0.39 is 52.2 Å². The van der Waals surface area contributed by atoms with Crippen LogP contribution in [0, 0.1) is 30.6 Å². The van der Waals surface area contributed by atoms with Gasteiger partial charge in [0.25, 0.3) is 0 Å². The number of allylic oxidation sites excluding steroid dienone is 2. The molecule has 1 aromatic carbocycles. The fourth-order valence-electron chi connectivity index (χ4n) is 7.59. The number of hydrogen-bond donors (Lipinski definition) is 0. The van der Waals surface area contributed by atoms with E-state index in [0.29, 0.717) is 43.1 Å². The highest BCUT2D eigenvalue weighted by molar-refractivity contribution is 6.23. The van der Waals surface area contributed by atoms with Crippen molar-refractivity contribution in [3.05, 3.63) is 52.2 Å². The van der Waals surface area contributed by atoms with Gasteiger partial charge in [-0.2, -0.15) is 30.7 Å². The van der Waals surface area contributed by atoms with Crippen LogP contribution in [0.1, 0.15) is 43.4 Å². The first-order valence-corrected chi connectivity index (χ1v) is 12.8. The van der Waals surface area contributed by atoms with Crippen molar-refractivity contribution in [3.8, 4) is 0 Å². The molecule has 0 atom stereocenters. The van der Waals surface area contributed by atoms with Crippen LogP contribution >= 0.6 is 0 Å². The number of aromatic nitrogens is 1. The van der Waals surface area contributed by atoms with Crippen LogP contribution in [0.15, 0.2) is 41.0 Å². The fraction of sp³-hybridized carbons (Fsp3) is 0.500. The number of para-hydroxylation sites is 1. The molecule has 1 saturated heterocycles. The molecule has 39 heavy (non-hydrogen) atoms. The lowest BCUT2D eigenvalue weighted by Crippen LogP contribution is -2.53. The van der Waals surface area contributed by atoms with Crippen molar-refractivity contribution in [2.24, 2.45) is 30.7 Å². The van der Waals surface area contributed by atoms with Crippen LogP contribution in [0.4, 0.5) is 30.7 Å². The number of alkyl halides is 7. The SMILES string of the molecule is Cc1c(C(=C2C(=O)OC(=O)C2=C2C3CC4CC(C3)CC2C4)C(F)(F)C(F)(F)C(F)(F)F)c2ccccc2n1C. The maximum atomic E-state index is 15.9. The molecule has 4 saturated carbocycles. The Morgan fingerprint density at radius 3 is 2.00 bits per heavy atom. The highest BCUT2D eigenvalue weighted by atomic mass is 19.4. The molecule has 11 heteroatoms. The number of carbonyl (C=O) groups excluding carboxylic acids is 2. The molecule has 4 aliphatic carbocycles. The van der Waals surface area contributed by atoms with Crippen LogP contribution in [0.25, 0.3) is 16.5 Å². The van der Waals surface area contributed by atoms with E-state index in [1.807, 2.05) is 0 Å². The van der Waals surface area contributed by atoms with Crippen LogP contribution in [0.2, 0.25) is 0 Å². The van der Waals surface area contributed by atoms with Crippen molar-refractivity contribution >= 4 is 28.4 Å². The lowest BCUT2D eigenvalue weighted by molar-refractivity contribution is -0.339. The Labute approximate surface area is 218 Å². The molecule has 5 fully saturated rings. The van der Waals surface area contributed by atoms with E-state index in [2.05, 4.69) is 0 Å². The minimum Gasteiger partial charge on any atom is -0.386 e. The second kappa shape index (κ2) is 8.20. The second-order valence-electron chi connectivity index (χ2n) is 11.2. The van der Waals surface area contributed by atoms with Gasteiger partial charge in [-0.3, -0.25) is 0 Å². The number of nitrogens with zero attached hydrogens (tertiary/aromatic N) is 1. The summed E-state index contributed by atoms with van der Waals surface area (Å²) < 4.78 is 108. The minimum absolute atomic E-state index is 0.0563. The van der Waals surface area contributed by atoms with Gasteiger partial charge in [-0.1, -0.05) is 18.2 Å². The zero-order valence-electron chi connectivity index (χ0n) is 21.0. The molecule has 0 unspecified atom stereocenters. The van der Waals surface area contributed by atoms with E-state index in [-0.39, 0.29) is 28.4 Å². The first-order valence-electron chi connectivity index (χ1n) is 12.8. The van der Waals surface area contributed by atoms with Crippen molar-refractivity contribution in [2.45, 2.75) is 57.0 Å². The summed E-state index contributed by atoms with van der Waals surface area (Å²) in [6.45, 7) is 1.29. The summed E-state index contributed by atoms with van der Waals surface area (Å²) in [6.07, 6.45) is -3.10. The summed E-state index contributed by atoms with van der Waals surface area (Å²) in [6, 6.07) is 5.76. The molecular weight excluding hydrogens is 531 g/mol. The van der Waals surface area contributed by atoms with Crippen molar-refractivity contribution in [1.82, 2.24) is 4.57 Å². The Balaban J connectivity index is 1.74. The van der Waals surface area contributed by atoms with E-state index in [1.165, 1.54) is 36.7 Å². The standard InChI is InChI=1S/C28H24F7NO3/c1-12-19(17-5-3-4-6-18(17)36(12)2)23(26(29,30)27(31,32)28(33,34)35)22-21(24(37)39-25(22)38)20-15-8-13-7-14(10-15)11-16(20)9-13/h3-6,13-16H,7-11H2,1-2H3. The Hall–Kier alpha value is -3.11. The Morgan fingerprint density at radius 2 is 1.44 bits per heavy atom. The molecule has 0 N–H and O–H groups in total. The third kappa shape index (κ3) is 3.50. The van der Waals surface area contributed by atoms with Gasteiger partial charge in [0, 0.05) is 29.2 Å². The van der Waals surface area contributed by atoms with E-state index in [4.69, 9.17) is 4.74 Å². The molecule has 2 aromatic rings. The first-order chi connectivity index (χ1) is 18.1. The zero-order valence-corrected chi connectivity index (χ0v) is 21.0. The summed E-state index contributed by atoms with van der Waals surface area (Å²) in [5, 5.41) is -0.0563. The summed E-state index contributed by atoms with van der Waals surface area (Å²) in [5.41, 5.74) is -3.63. The number of aryl methyl sites for hydroxylation is 1. The van der Waals surface area contributed by atoms with Gasteiger partial charge in [0.1, 0.15) is 0 Å². The number of esters is 2. The van der Waals surface area contributed by atoms with Gasteiger partial charge in [-0.25, -0.2) is 9.59 Å². The zero-order chi connectivity index (χ0) is 28.2. The summed E-state index contributed by atoms with van der Waals surface area (Å²) in [7, 11) is 1.44. The Kier molecular flexibility index (Phi) is 5.50. The van der Waals surface area contributed by atoms with Crippen molar-refractivity contribution in [3.63, 3.8) is 0 Å². The number of hydrogen-bond acceptors (Lipinski definition) is 3. The highest BCUT2D eigenvalue weighted by Gasteiger charge is 2.75. The van der Waals surface area contributed by atoms with Crippen molar-refractivity contribution in [2.75, 3.05) is 0 Å². The third-order valence-corrected chi connectivity index (χ3v) is 9.11. The normalized spacial score (nSPS) is 28.6. The van der Waals surface area contributed by atoms with E-state index in [0.717, 1.165) is 6.42 Å². The maximum Gasteiger partial charge on any atom is 0.460 e. The number of ether oxygens (including phenoxy) is 1. The first kappa shape index (κ1) is 26.1. The van der Waals surface area contributed by atoms with E-state index >= 15 is 8.78 Å². The predicted octanol–water partition coefficient (Wildman–Crippen LogP) is 6.91. The van der Waals surface area contributed by atoms with E-state index in [1.54, 1.807) is 6.07 Å². The van der Waals surface area contributed by atoms with Crippen LogP contribution in [0.3, 0.4) is 0 Å². The molecule has 1 aromatic heterocycles. The van der Waals surface area contributed by atoms with Gasteiger partial charge in [0.15, 0.2) is 0 Å². The monoisotopic (exact) mass is 555 g/mol. The molecule has 2 heterocycles. The third-order valence-electron chi connectivity index (χ3n) is 9.11. The molecule has 1 aliphatic heterocycles. The van der Waals surface area contributed by atoms with Crippen LogP contribution < -0.4 is 0 Å². The predicted molar refractivity (Wildman–Crippen MR) is 126 cm³/mol. The lowest BCUT2D eigenvalue weighted by atomic mass is 9.53. The largest absolute Gasteiger partial charge is 0.460 e. The molecule has 208 valence electrons. The van der Waals surface area contributed by atoms with Gasteiger partial charge >= 0.3 is 30.0 Å².